The van der Waals surface area contributed by atoms with Gasteiger partial charge in [0, 0.05) is 19.0 Å². The smallest absolute Gasteiger partial charge is 0.407 e. The van der Waals surface area contributed by atoms with E-state index in [9.17, 15) is 14.3 Å². The zero-order valence-electron chi connectivity index (χ0n) is 9.51. The lowest BCUT2D eigenvalue weighted by Gasteiger charge is -2.19. The molecule has 0 bridgehead atoms. The molecule has 0 aliphatic carbocycles. The maximum Gasteiger partial charge on any atom is 0.407 e. The van der Waals surface area contributed by atoms with Crippen molar-refractivity contribution in [3.63, 3.8) is 0 Å². The largest absolute Gasteiger partial charge is 0.465 e. The third kappa shape index (κ3) is 2.57. The van der Waals surface area contributed by atoms with E-state index in [2.05, 4.69) is 0 Å². The van der Waals surface area contributed by atoms with Crippen molar-refractivity contribution in [3.8, 4) is 0 Å². The molecular formula is C12H13ClFNO3. The van der Waals surface area contributed by atoms with Gasteiger partial charge in [-0.2, -0.15) is 0 Å². The lowest BCUT2D eigenvalue weighted by atomic mass is 9.95. The lowest BCUT2D eigenvalue weighted by Crippen LogP contribution is -2.27. The number of likely N-dealkylation sites (tertiary alicyclic amines) is 1. The number of benzene rings is 1. The van der Waals surface area contributed by atoms with E-state index in [1.165, 1.54) is 23.1 Å². The molecule has 18 heavy (non-hydrogen) atoms. The van der Waals surface area contributed by atoms with Crippen LogP contribution in [-0.2, 0) is 0 Å². The molecule has 1 aromatic carbocycles. The summed E-state index contributed by atoms with van der Waals surface area (Å²) in [7, 11) is 0. The van der Waals surface area contributed by atoms with Crippen molar-refractivity contribution in [2.45, 2.75) is 12.5 Å². The van der Waals surface area contributed by atoms with Crippen molar-refractivity contribution in [2.75, 3.05) is 13.1 Å². The first-order chi connectivity index (χ1) is 8.49. The number of hydrogen-bond acceptors (Lipinski definition) is 2. The third-order valence-electron chi connectivity index (χ3n) is 3.23. The monoisotopic (exact) mass is 273 g/mol. The van der Waals surface area contributed by atoms with Gasteiger partial charge in [-0.25, -0.2) is 9.18 Å². The summed E-state index contributed by atoms with van der Waals surface area (Å²) in [5, 5.41) is 18.9. The molecule has 1 amide bonds. The number of nitrogens with zero attached hydrogens (tertiary/aromatic N) is 1. The number of aliphatic hydroxyl groups is 1. The summed E-state index contributed by atoms with van der Waals surface area (Å²) in [5.41, 5.74) is 0.513. The summed E-state index contributed by atoms with van der Waals surface area (Å²) in [4.78, 5) is 12.0. The Morgan fingerprint density at radius 2 is 2.28 bits per heavy atom. The summed E-state index contributed by atoms with van der Waals surface area (Å²) in [6, 6.07) is 4.05. The summed E-state index contributed by atoms with van der Waals surface area (Å²) in [6.45, 7) is 0.692. The highest BCUT2D eigenvalue weighted by atomic mass is 35.5. The quantitative estimate of drug-likeness (QED) is 0.870. The molecule has 6 heteroatoms. The van der Waals surface area contributed by atoms with Crippen LogP contribution in [0.2, 0.25) is 5.02 Å². The van der Waals surface area contributed by atoms with Crippen LogP contribution < -0.4 is 0 Å². The normalized spacial score (nSPS) is 21.1. The van der Waals surface area contributed by atoms with Gasteiger partial charge in [-0.05, 0) is 24.1 Å². The van der Waals surface area contributed by atoms with E-state index in [1.807, 2.05) is 0 Å². The molecule has 0 saturated carbocycles. The fourth-order valence-electron chi connectivity index (χ4n) is 2.19. The first kappa shape index (κ1) is 13.1. The predicted molar refractivity (Wildman–Crippen MR) is 64.1 cm³/mol. The summed E-state index contributed by atoms with van der Waals surface area (Å²) in [6.07, 6.45) is -1.23. The molecule has 0 aromatic heterocycles. The van der Waals surface area contributed by atoms with E-state index in [1.54, 1.807) is 0 Å². The minimum absolute atomic E-state index is 0.0420. The summed E-state index contributed by atoms with van der Waals surface area (Å²) >= 11 is 5.65. The van der Waals surface area contributed by atoms with Crippen molar-refractivity contribution in [2.24, 2.45) is 5.92 Å². The van der Waals surface area contributed by atoms with Crippen LogP contribution >= 0.6 is 11.6 Å². The average molecular weight is 274 g/mol. The van der Waals surface area contributed by atoms with Crippen LogP contribution in [0, 0.1) is 11.7 Å². The van der Waals surface area contributed by atoms with Gasteiger partial charge in [0.05, 0.1) is 11.1 Å². The van der Waals surface area contributed by atoms with Gasteiger partial charge in [-0.1, -0.05) is 17.7 Å². The number of hydrogen-bond donors (Lipinski definition) is 2. The van der Waals surface area contributed by atoms with Crippen LogP contribution in [0.25, 0.3) is 0 Å². The van der Waals surface area contributed by atoms with E-state index < -0.39 is 18.0 Å². The zero-order valence-corrected chi connectivity index (χ0v) is 10.3. The molecule has 0 radical (unpaired) electrons. The SMILES string of the molecule is O=C(O)N1CCC(C(O)c2ccc(F)c(Cl)c2)C1. The molecule has 4 nitrogen and oxygen atoms in total. The number of halogens is 2. The molecule has 98 valence electrons. The maximum atomic E-state index is 13.0. The van der Waals surface area contributed by atoms with Crippen LogP contribution in [0.1, 0.15) is 18.1 Å². The Kier molecular flexibility index (Phi) is 3.73. The van der Waals surface area contributed by atoms with Gasteiger partial charge in [-0.15, -0.1) is 0 Å². The molecule has 1 aliphatic rings. The van der Waals surface area contributed by atoms with Crippen molar-refractivity contribution in [1.82, 2.24) is 4.90 Å². The molecule has 2 N–H and O–H groups in total. The van der Waals surface area contributed by atoms with Gasteiger partial charge in [0.25, 0.3) is 0 Å². The Morgan fingerprint density at radius 3 is 2.83 bits per heavy atom. The Balaban J connectivity index is 2.10. The molecule has 1 aliphatic heterocycles. The standard InChI is InChI=1S/C12H13ClFNO3/c13-9-5-7(1-2-10(9)14)11(16)8-3-4-15(6-8)12(17)18/h1-2,5,8,11,16H,3-4,6H2,(H,17,18). The first-order valence-corrected chi connectivity index (χ1v) is 5.97. The molecule has 1 fully saturated rings. The van der Waals surface area contributed by atoms with Crippen molar-refractivity contribution < 1.29 is 19.4 Å². The van der Waals surface area contributed by atoms with Gasteiger partial charge in [0.15, 0.2) is 0 Å². The van der Waals surface area contributed by atoms with E-state index in [0.29, 0.717) is 18.5 Å². The highest BCUT2D eigenvalue weighted by molar-refractivity contribution is 6.30. The minimum Gasteiger partial charge on any atom is -0.465 e. The zero-order chi connectivity index (χ0) is 13.3. The second-order valence-electron chi connectivity index (χ2n) is 4.40. The Bertz CT molecular complexity index is 469. The molecule has 2 unspecified atom stereocenters. The summed E-state index contributed by atoms with van der Waals surface area (Å²) < 4.78 is 13.0. The lowest BCUT2D eigenvalue weighted by molar-refractivity contribution is 0.107. The second kappa shape index (κ2) is 5.12. The van der Waals surface area contributed by atoms with E-state index >= 15 is 0 Å². The average Bonchev–Trinajstić information content (AvgIpc) is 2.81. The number of rotatable bonds is 2. The van der Waals surface area contributed by atoms with E-state index in [0.717, 1.165) is 0 Å². The van der Waals surface area contributed by atoms with Gasteiger partial charge >= 0.3 is 6.09 Å². The van der Waals surface area contributed by atoms with Gasteiger partial charge in [-0.3, -0.25) is 0 Å². The number of carbonyl (C=O) groups is 1. The van der Waals surface area contributed by atoms with Gasteiger partial charge < -0.3 is 15.1 Å². The number of aliphatic hydroxyl groups excluding tert-OH is 1. The molecule has 1 saturated heterocycles. The fraction of sp³-hybridized carbons (Fsp3) is 0.417. The van der Waals surface area contributed by atoms with Gasteiger partial charge in [0.1, 0.15) is 5.82 Å². The first-order valence-electron chi connectivity index (χ1n) is 5.60. The van der Waals surface area contributed by atoms with Crippen LogP contribution in [0.4, 0.5) is 9.18 Å². The van der Waals surface area contributed by atoms with Crippen LogP contribution in [0.5, 0.6) is 0 Å². The van der Waals surface area contributed by atoms with Crippen molar-refractivity contribution in [3.05, 3.63) is 34.6 Å². The number of amides is 1. The maximum absolute atomic E-state index is 13.0. The van der Waals surface area contributed by atoms with Crippen LogP contribution in [-0.4, -0.2) is 34.3 Å². The fourth-order valence-corrected chi connectivity index (χ4v) is 2.38. The predicted octanol–water partition coefficient (Wildman–Crippen LogP) is 2.51. The molecule has 2 atom stereocenters. The van der Waals surface area contributed by atoms with E-state index in [-0.39, 0.29) is 17.5 Å². The molecule has 1 aromatic rings. The van der Waals surface area contributed by atoms with Crippen LogP contribution in [0.15, 0.2) is 18.2 Å². The number of carboxylic acid groups (broad SMARTS) is 1. The summed E-state index contributed by atoms with van der Waals surface area (Å²) in [5.74, 6) is -0.714. The highest BCUT2D eigenvalue weighted by Crippen LogP contribution is 2.31. The minimum atomic E-state index is -0.984. The highest BCUT2D eigenvalue weighted by Gasteiger charge is 2.31. The topological polar surface area (TPSA) is 60.8 Å². The van der Waals surface area contributed by atoms with Gasteiger partial charge in [0.2, 0.25) is 0 Å². The van der Waals surface area contributed by atoms with Crippen molar-refractivity contribution in [1.29, 1.82) is 0 Å². The Labute approximate surface area is 109 Å². The Hall–Kier alpha value is -1.33. The third-order valence-corrected chi connectivity index (χ3v) is 3.52. The van der Waals surface area contributed by atoms with Crippen molar-refractivity contribution >= 4 is 17.7 Å². The second-order valence-corrected chi connectivity index (χ2v) is 4.80. The van der Waals surface area contributed by atoms with Crippen LogP contribution in [0.3, 0.4) is 0 Å². The Morgan fingerprint density at radius 1 is 1.56 bits per heavy atom. The van der Waals surface area contributed by atoms with E-state index in [4.69, 9.17) is 16.7 Å². The molecule has 1 heterocycles. The molecule has 0 spiro atoms. The molecular weight excluding hydrogens is 261 g/mol. The molecule has 2 rings (SSSR count).